The zero-order valence-corrected chi connectivity index (χ0v) is 14.4. The van der Waals surface area contributed by atoms with Crippen molar-refractivity contribution >= 4 is 31.3 Å². The summed E-state index contributed by atoms with van der Waals surface area (Å²) in [7, 11) is -0.694. The molecule has 0 N–H and O–H groups in total. The van der Waals surface area contributed by atoms with Crippen LogP contribution in [0.3, 0.4) is 0 Å². The first-order valence-electron chi connectivity index (χ1n) is 6.74. The minimum Gasteiger partial charge on any atom is -0.0843 e. The van der Waals surface area contributed by atoms with E-state index in [4.69, 9.17) is 23.2 Å². The van der Waals surface area contributed by atoms with Crippen LogP contribution in [0.5, 0.6) is 0 Å². The molecule has 102 valence electrons. The minimum absolute atomic E-state index is 0.694. The monoisotopic (exact) mass is 302 g/mol. The average Bonchev–Trinajstić information content (AvgIpc) is 2.21. The molecule has 1 aromatic rings. The molecule has 1 aliphatic heterocycles. The number of rotatable bonds is 0. The van der Waals surface area contributed by atoms with Gasteiger partial charge in [-0.3, -0.25) is 0 Å². The number of benzene rings is 1. The molecule has 1 atom stereocenters. The first-order chi connectivity index (χ1) is 8.31. The van der Waals surface area contributed by atoms with Crippen LogP contribution in [0.4, 0.5) is 0 Å². The summed E-state index contributed by atoms with van der Waals surface area (Å²) >= 11 is 11.3. The Morgan fingerprint density at radius 2 is 1.61 bits per heavy atom. The highest BCUT2D eigenvalue weighted by Gasteiger charge is 2.30. The van der Waals surface area contributed by atoms with Gasteiger partial charge in [0.05, 0.1) is 8.07 Å². The lowest BCUT2D eigenvalue weighted by atomic mass is 10.2. The largest absolute Gasteiger partial charge is 0.0843 e. The van der Waals surface area contributed by atoms with E-state index in [2.05, 4.69) is 20.0 Å². The fourth-order valence-electron chi connectivity index (χ4n) is 2.36. The first-order valence-corrected chi connectivity index (χ1v) is 10.8. The van der Waals surface area contributed by atoms with Crippen molar-refractivity contribution in [1.82, 2.24) is 0 Å². The van der Waals surface area contributed by atoms with Crippen LogP contribution in [0.15, 0.2) is 18.2 Å². The van der Waals surface area contributed by atoms with Gasteiger partial charge in [0.15, 0.2) is 0 Å². The van der Waals surface area contributed by atoms with Gasteiger partial charge in [0.2, 0.25) is 0 Å². The Morgan fingerprint density at radius 1 is 1.06 bits per heavy atom. The number of hydrogen-bond acceptors (Lipinski definition) is 0. The van der Waals surface area contributed by atoms with Crippen molar-refractivity contribution in [2.75, 3.05) is 0 Å². The van der Waals surface area contributed by atoms with E-state index in [-0.39, 0.29) is 0 Å². The van der Waals surface area contributed by atoms with E-state index in [1.165, 1.54) is 19.3 Å². The molecule has 0 aromatic heterocycles. The maximum absolute atomic E-state index is 5.67. The number of halogens is 2. The molecule has 0 amide bonds. The van der Waals surface area contributed by atoms with Crippen LogP contribution in [-0.2, 0) is 0 Å². The normalized spacial score (nSPS) is 22.0. The standard InChI is InChI=1S/C8H18Si.C7H6Cl2/c1-8-6-4-5-7-9(8,2)3;1-5-2-6(8)4-7(9)3-5/h8H,4-7H2,1-3H3;2-4H,1H3. The van der Waals surface area contributed by atoms with E-state index in [9.17, 15) is 0 Å². The van der Waals surface area contributed by atoms with Gasteiger partial charge in [-0.1, -0.05) is 68.5 Å². The Labute approximate surface area is 123 Å². The highest BCUT2D eigenvalue weighted by molar-refractivity contribution is 6.78. The number of aryl methyl sites for hydroxylation is 1. The van der Waals surface area contributed by atoms with Crippen LogP contribution in [0, 0.1) is 6.92 Å². The van der Waals surface area contributed by atoms with Gasteiger partial charge in [-0.25, -0.2) is 0 Å². The van der Waals surface area contributed by atoms with Crippen molar-refractivity contribution in [1.29, 1.82) is 0 Å². The van der Waals surface area contributed by atoms with Crippen molar-refractivity contribution in [2.24, 2.45) is 0 Å². The van der Waals surface area contributed by atoms with E-state index in [1.54, 1.807) is 12.1 Å². The number of hydrogen-bond donors (Lipinski definition) is 0. The summed E-state index contributed by atoms with van der Waals surface area (Å²) in [6, 6.07) is 7.03. The van der Waals surface area contributed by atoms with Gasteiger partial charge in [0, 0.05) is 10.0 Å². The minimum atomic E-state index is -0.694. The molecule has 18 heavy (non-hydrogen) atoms. The summed E-state index contributed by atoms with van der Waals surface area (Å²) < 4.78 is 0. The Bertz CT molecular complexity index is 338. The SMILES string of the molecule is CC1CCCC[Si]1(C)C.Cc1cc(Cl)cc(Cl)c1. The summed E-state index contributed by atoms with van der Waals surface area (Å²) in [5.41, 5.74) is 2.18. The lowest BCUT2D eigenvalue weighted by Crippen LogP contribution is -2.33. The van der Waals surface area contributed by atoms with E-state index in [0.717, 1.165) is 11.1 Å². The highest BCUT2D eigenvalue weighted by atomic mass is 35.5. The quantitative estimate of drug-likeness (QED) is 0.475. The molecule has 3 heteroatoms. The molecular formula is C15H24Cl2Si. The van der Waals surface area contributed by atoms with E-state index in [1.807, 2.05) is 19.1 Å². The second-order valence-electron chi connectivity index (χ2n) is 6.08. The van der Waals surface area contributed by atoms with Gasteiger partial charge in [-0.05, 0) is 36.2 Å². The molecular weight excluding hydrogens is 279 g/mol. The van der Waals surface area contributed by atoms with Crippen LogP contribution in [0.25, 0.3) is 0 Å². The highest BCUT2D eigenvalue weighted by Crippen LogP contribution is 2.36. The lowest BCUT2D eigenvalue weighted by Gasteiger charge is -2.34. The Morgan fingerprint density at radius 3 is 1.94 bits per heavy atom. The summed E-state index contributed by atoms with van der Waals surface area (Å²) in [6.45, 7) is 9.48. The van der Waals surface area contributed by atoms with Crippen molar-refractivity contribution < 1.29 is 0 Å². The van der Waals surface area contributed by atoms with Crippen LogP contribution in [0.1, 0.15) is 31.7 Å². The second kappa shape index (κ2) is 6.98. The molecule has 0 bridgehead atoms. The van der Waals surface area contributed by atoms with E-state index < -0.39 is 8.07 Å². The van der Waals surface area contributed by atoms with E-state index >= 15 is 0 Å². The molecule has 0 radical (unpaired) electrons. The fourth-order valence-corrected chi connectivity index (χ4v) is 5.63. The first kappa shape index (κ1) is 16.1. The van der Waals surface area contributed by atoms with Gasteiger partial charge < -0.3 is 0 Å². The van der Waals surface area contributed by atoms with Crippen molar-refractivity contribution in [3.8, 4) is 0 Å². The smallest absolute Gasteiger partial charge is 0.0502 e. The lowest BCUT2D eigenvalue weighted by molar-refractivity contribution is 0.635. The summed E-state index contributed by atoms with van der Waals surface area (Å²) in [5, 5.41) is 1.39. The van der Waals surface area contributed by atoms with Crippen molar-refractivity contribution in [2.45, 2.75) is 57.8 Å². The predicted molar refractivity (Wildman–Crippen MR) is 86.8 cm³/mol. The molecule has 2 rings (SSSR count). The van der Waals surface area contributed by atoms with Gasteiger partial charge in [0.1, 0.15) is 0 Å². The molecule has 1 unspecified atom stereocenters. The van der Waals surface area contributed by atoms with Gasteiger partial charge in [-0.15, -0.1) is 0 Å². The molecule has 1 heterocycles. The third-order valence-corrected chi connectivity index (χ3v) is 9.08. The third kappa shape index (κ3) is 5.34. The summed E-state index contributed by atoms with van der Waals surface area (Å²) in [6.07, 6.45) is 4.53. The van der Waals surface area contributed by atoms with Gasteiger partial charge >= 0.3 is 0 Å². The molecule has 0 nitrogen and oxygen atoms in total. The molecule has 0 spiro atoms. The van der Waals surface area contributed by atoms with Crippen LogP contribution < -0.4 is 0 Å². The molecule has 1 fully saturated rings. The van der Waals surface area contributed by atoms with E-state index in [0.29, 0.717) is 10.0 Å². The summed E-state index contributed by atoms with van der Waals surface area (Å²) in [5.74, 6) is 0. The van der Waals surface area contributed by atoms with Gasteiger partial charge in [0.25, 0.3) is 0 Å². The molecule has 0 saturated carbocycles. The topological polar surface area (TPSA) is 0 Å². The van der Waals surface area contributed by atoms with Crippen LogP contribution in [-0.4, -0.2) is 8.07 Å². The van der Waals surface area contributed by atoms with Gasteiger partial charge in [-0.2, -0.15) is 0 Å². The molecule has 1 saturated heterocycles. The van der Waals surface area contributed by atoms with Crippen molar-refractivity contribution in [3.05, 3.63) is 33.8 Å². The Kier molecular flexibility index (Phi) is 6.23. The van der Waals surface area contributed by atoms with Crippen LogP contribution in [0.2, 0.25) is 34.7 Å². The third-order valence-electron chi connectivity index (χ3n) is 4.05. The predicted octanol–water partition coefficient (Wildman–Crippen LogP) is 6.57. The zero-order valence-electron chi connectivity index (χ0n) is 11.9. The molecule has 0 aliphatic carbocycles. The molecule has 1 aliphatic rings. The summed E-state index contributed by atoms with van der Waals surface area (Å²) in [4.78, 5) is 0. The zero-order chi connectivity index (χ0) is 13.8. The second-order valence-corrected chi connectivity index (χ2v) is 12.4. The fraction of sp³-hybridized carbons (Fsp3) is 0.600. The Hall–Kier alpha value is 0.0169. The van der Waals surface area contributed by atoms with Crippen LogP contribution >= 0.6 is 23.2 Å². The maximum atomic E-state index is 5.67. The van der Waals surface area contributed by atoms with Crippen molar-refractivity contribution in [3.63, 3.8) is 0 Å². The molecule has 1 aromatic carbocycles. The average molecular weight is 303 g/mol. The Balaban J connectivity index is 0.000000180. The maximum Gasteiger partial charge on any atom is 0.0502 e.